The van der Waals surface area contributed by atoms with Gasteiger partial charge in [0.2, 0.25) is 21.8 Å². The van der Waals surface area contributed by atoms with Gasteiger partial charge in [-0.1, -0.05) is 96.5 Å². The van der Waals surface area contributed by atoms with Gasteiger partial charge in [-0.2, -0.15) is 0 Å². The number of hydrogen-bond donors (Lipinski definition) is 1. The van der Waals surface area contributed by atoms with E-state index in [-0.39, 0.29) is 24.9 Å². The number of anilines is 1. The third kappa shape index (κ3) is 9.11. The molecule has 0 aromatic heterocycles. The van der Waals surface area contributed by atoms with Crippen molar-refractivity contribution < 1.29 is 18.0 Å². The molecule has 1 fully saturated rings. The molecule has 1 N–H and O–H groups in total. The van der Waals surface area contributed by atoms with Crippen LogP contribution in [0.15, 0.2) is 66.7 Å². The van der Waals surface area contributed by atoms with E-state index in [4.69, 9.17) is 34.8 Å². The molecule has 3 aromatic carbocycles. The molecule has 0 heterocycles. The molecule has 0 radical (unpaired) electrons. The predicted molar refractivity (Wildman–Crippen MR) is 174 cm³/mol. The Kier molecular flexibility index (Phi) is 11.4. The van der Waals surface area contributed by atoms with E-state index in [1.54, 1.807) is 37.3 Å². The number of hydrogen-bond acceptors (Lipinski definition) is 4. The Morgan fingerprint density at radius 3 is 2.23 bits per heavy atom. The fraction of sp³-hybridized carbons (Fsp3) is 0.375. The third-order valence-electron chi connectivity index (χ3n) is 7.70. The quantitative estimate of drug-likeness (QED) is 0.244. The maximum absolute atomic E-state index is 14.3. The minimum atomic E-state index is -3.92. The van der Waals surface area contributed by atoms with Crippen LogP contribution in [0, 0.1) is 6.92 Å². The first-order valence-electron chi connectivity index (χ1n) is 14.2. The van der Waals surface area contributed by atoms with E-state index in [1.807, 2.05) is 30.3 Å². The summed E-state index contributed by atoms with van der Waals surface area (Å²) in [6, 6.07) is 18.3. The molecule has 0 unspecified atom stereocenters. The van der Waals surface area contributed by atoms with Crippen LogP contribution >= 0.6 is 34.8 Å². The average Bonchev–Trinajstić information content (AvgIpc) is 2.96. The van der Waals surface area contributed by atoms with Crippen LogP contribution in [-0.2, 0) is 32.6 Å². The Morgan fingerprint density at radius 1 is 0.930 bits per heavy atom. The Balaban J connectivity index is 1.76. The molecule has 43 heavy (non-hydrogen) atoms. The van der Waals surface area contributed by atoms with E-state index in [0.717, 1.165) is 48.2 Å². The first-order valence-corrected chi connectivity index (χ1v) is 17.2. The fourth-order valence-electron chi connectivity index (χ4n) is 5.38. The average molecular weight is 665 g/mol. The van der Waals surface area contributed by atoms with Gasteiger partial charge in [-0.05, 0) is 60.7 Å². The summed E-state index contributed by atoms with van der Waals surface area (Å²) in [4.78, 5) is 29.8. The molecule has 3 aromatic rings. The zero-order valence-corrected chi connectivity index (χ0v) is 27.3. The highest BCUT2D eigenvalue weighted by Crippen LogP contribution is 2.28. The molecule has 11 heteroatoms. The van der Waals surface area contributed by atoms with Crippen molar-refractivity contribution >= 4 is 62.3 Å². The molecule has 1 aliphatic carbocycles. The van der Waals surface area contributed by atoms with E-state index in [1.165, 1.54) is 11.0 Å². The largest absolute Gasteiger partial charge is 0.352 e. The number of amides is 2. The summed E-state index contributed by atoms with van der Waals surface area (Å²) >= 11 is 18.9. The number of aryl methyl sites for hydroxylation is 1. The van der Waals surface area contributed by atoms with Crippen molar-refractivity contribution in [3.8, 4) is 0 Å². The van der Waals surface area contributed by atoms with Gasteiger partial charge in [0.05, 0.1) is 11.9 Å². The second-order valence-corrected chi connectivity index (χ2v) is 14.2. The number of nitrogens with zero attached hydrogens (tertiary/aromatic N) is 2. The van der Waals surface area contributed by atoms with Crippen LogP contribution in [0.25, 0.3) is 0 Å². The number of nitrogens with one attached hydrogen (secondary N) is 1. The van der Waals surface area contributed by atoms with Gasteiger partial charge in [-0.3, -0.25) is 13.9 Å². The highest BCUT2D eigenvalue weighted by Gasteiger charge is 2.34. The smallest absolute Gasteiger partial charge is 0.244 e. The lowest BCUT2D eigenvalue weighted by molar-refractivity contribution is -0.140. The molecule has 0 aliphatic heterocycles. The molecular weight excluding hydrogens is 629 g/mol. The molecular formula is C32H36Cl3N3O4S. The second kappa shape index (κ2) is 14.8. The summed E-state index contributed by atoms with van der Waals surface area (Å²) in [6.07, 6.45) is 6.19. The molecule has 1 atom stereocenters. The normalized spacial score (nSPS) is 14.6. The van der Waals surface area contributed by atoms with Crippen molar-refractivity contribution in [3.05, 3.63) is 98.5 Å². The van der Waals surface area contributed by atoms with Gasteiger partial charge in [0, 0.05) is 34.1 Å². The highest BCUT2D eigenvalue weighted by molar-refractivity contribution is 7.92. The van der Waals surface area contributed by atoms with E-state index < -0.39 is 28.5 Å². The number of benzene rings is 3. The summed E-state index contributed by atoms with van der Waals surface area (Å²) in [5, 5.41) is 4.28. The molecule has 4 rings (SSSR count). The summed E-state index contributed by atoms with van der Waals surface area (Å²) in [5.74, 6) is -0.852. The van der Waals surface area contributed by atoms with Gasteiger partial charge in [-0.25, -0.2) is 8.42 Å². The highest BCUT2D eigenvalue weighted by atomic mass is 35.5. The minimum absolute atomic E-state index is 0.0113. The Bertz CT molecular complexity index is 1550. The van der Waals surface area contributed by atoms with Gasteiger partial charge in [0.15, 0.2) is 0 Å². The second-order valence-electron chi connectivity index (χ2n) is 11.0. The van der Waals surface area contributed by atoms with E-state index in [9.17, 15) is 18.0 Å². The predicted octanol–water partition coefficient (Wildman–Crippen LogP) is 6.81. The molecule has 230 valence electrons. The van der Waals surface area contributed by atoms with Gasteiger partial charge in [-0.15, -0.1) is 0 Å². The van der Waals surface area contributed by atoms with Crippen LogP contribution < -0.4 is 9.62 Å². The molecule has 0 bridgehead atoms. The fourth-order valence-corrected chi connectivity index (χ4v) is 6.91. The van der Waals surface area contributed by atoms with Crippen molar-refractivity contribution in [1.29, 1.82) is 0 Å². The third-order valence-corrected chi connectivity index (χ3v) is 9.65. The number of halogens is 3. The van der Waals surface area contributed by atoms with E-state index >= 15 is 0 Å². The zero-order valence-electron chi connectivity index (χ0n) is 24.2. The van der Waals surface area contributed by atoms with Crippen LogP contribution in [0.4, 0.5) is 5.69 Å². The van der Waals surface area contributed by atoms with Gasteiger partial charge in [0.1, 0.15) is 12.6 Å². The maximum Gasteiger partial charge on any atom is 0.244 e. The van der Waals surface area contributed by atoms with Gasteiger partial charge >= 0.3 is 0 Å². The topological polar surface area (TPSA) is 86.8 Å². The molecule has 0 saturated heterocycles. The van der Waals surface area contributed by atoms with Crippen molar-refractivity contribution in [3.63, 3.8) is 0 Å². The summed E-state index contributed by atoms with van der Waals surface area (Å²) in [5.41, 5.74) is 2.36. The molecule has 1 saturated carbocycles. The summed E-state index contributed by atoms with van der Waals surface area (Å²) < 4.78 is 27.1. The molecule has 7 nitrogen and oxygen atoms in total. The molecule has 0 spiro atoms. The number of carbonyl (C=O) groups is 2. The molecule has 1 aliphatic rings. The number of sulfonamides is 1. The zero-order chi connectivity index (χ0) is 31.1. The SMILES string of the molecule is Cc1ccc(Cl)cc1N(CC(=O)N(Cc1ccc(Cl)cc1Cl)[C@H](Cc1ccccc1)C(=O)NC1CCCCC1)S(C)(=O)=O. The van der Waals surface area contributed by atoms with Crippen molar-refractivity contribution in [2.24, 2.45) is 0 Å². The van der Waals surface area contributed by atoms with E-state index in [0.29, 0.717) is 31.9 Å². The first kappa shape index (κ1) is 33.1. The first-order chi connectivity index (χ1) is 20.4. The maximum atomic E-state index is 14.3. The summed E-state index contributed by atoms with van der Waals surface area (Å²) in [7, 11) is -3.92. The Labute approximate surface area is 269 Å². The Morgan fingerprint density at radius 2 is 1.58 bits per heavy atom. The number of carbonyl (C=O) groups excluding carboxylic acids is 2. The minimum Gasteiger partial charge on any atom is -0.352 e. The number of rotatable bonds is 11. The lowest BCUT2D eigenvalue weighted by atomic mass is 9.94. The Hall–Kier alpha value is -2.78. The van der Waals surface area contributed by atoms with Crippen LogP contribution in [-0.4, -0.2) is 50.0 Å². The summed E-state index contributed by atoms with van der Waals surface area (Å²) in [6.45, 7) is 1.18. The van der Waals surface area contributed by atoms with Crippen molar-refractivity contribution in [2.45, 2.75) is 64.1 Å². The lowest BCUT2D eigenvalue weighted by Gasteiger charge is -2.35. The lowest BCUT2D eigenvalue weighted by Crippen LogP contribution is -2.55. The van der Waals surface area contributed by atoms with Gasteiger partial charge < -0.3 is 10.2 Å². The van der Waals surface area contributed by atoms with Gasteiger partial charge in [0.25, 0.3) is 0 Å². The van der Waals surface area contributed by atoms with Crippen molar-refractivity contribution in [2.75, 3.05) is 17.1 Å². The molecule has 2 amide bonds. The standard InChI is InChI=1S/C32H36Cl3N3O4S/c1-22-13-15-26(34)19-29(22)38(43(2,41)42)21-31(39)37(20-24-14-16-25(33)18-28(24)35)30(17-23-9-5-3-6-10-23)32(40)36-27-11-7-4-8-12-27/h3,5-6,9-10,13-16,18-19,27,30H,4,7-8,11-12,17,20-21H2,1-2H3,(H,36,40)/t30-/m1/s1. The van der Waals surface area contributed by atoms with Crippen LogP contribution in [0.5, 0.6) is 0 Å². The van der Waals surface area contributed by atoms with Crippen LogP contribution in [0.2, 0.25) is 15.1 Å². The van der Waals surface area contributed by atoms with E-state index in [2.05, 4.69) is 5.32 Å². The monoisotopic (exact) mass is 663 g/mol. The van der Waals surface area contributed by atoms with Crippen molar-refractivity contribution in [1.82, 2.24) is 10.2 Å². The van der Waals surface area contributed by atoms with Crippen LogP contribution in [0.3, 0.4) is 0 Å². The van der Waals surface area contributed by atoms with Crippen LogP contribution in [0.1, 0.15) is 48.8 Å².